The van der Waals surface area contributed by atoms with E-state index in [0.29, 0.717) is 18.7 Å². The van der Waals surface area contributed by atoms with Gasteiger partial charge in [-0.05, 0) is 19.3 Å². The van der Waals surface area contributed by atoms with Crippen LogP contribution in [-0.2, 0) is 19.4 Å². The summed E-state index contributed by atoms with van der Waals surface area (Å²) >= 11 is 0. The Kier molecular flexibility index (Phi) is 5.63. The molecular weight excluding hydrogens is 336 g/mol. The topological polar surface area (TPSA) is 107 Å². The zero-order valence-corrected chi connectivity index (χ0v) is 14.8. The third-order valence-corrected chi connectivity index (χ3v) is 5.44. The molecule has 0 saturated carbocycles. The largest absolute Gasteiger partial charge is 0.450 e. The number of nitrogens with zero attached hydrogens (tertiary/aromatic N) is 2. The summed E-state index contributed by atoms with van der Waals surface area (Å²) in [6, 6.07) is 1.05. The second kappa shape index (κ2) is 7.33. The second-order valence-electron chi connectivity index (χ2n) is 6.41. The first-order chi connectivity index (χ1) is 11.2. The van der Waals surface area contributed by atoms with Crippen LogP contribution in [0.4, 0.5) is 0 Å². The Labute approximate surface area is 141 Å². The van der Waals surface area contributed by atoms with E-state index in [-0.39, 0.29) is 29.2 Å². The van der Waals surface area contributed by atoms with Gasteiger partial charge in [-0.1, -0.05) is 19.0 Å². The SMILES string of the molecule is Cc1cc(C(=O)OCC(=O)N(CC(C)C)[C@@H]2CCS(=O)(=O)C2)on1. The summed E-state index contributed by atoms with van der Waals surface area (Å²) in [6.45, 7) is 5.50. The molecule has 0 N–H and O–H groups in total. The highest BCUT2D eigenvalue weighted by molar-refractivity contribution is 7.91. The van der Waals surface area contributed by atoms with Gasteiger partial charge < -0.3 is 14.2 Å². The van der Waals surface area contributed by atoms with Crippen LogP contribution in [0.1, 0.15) is 36.5 Å². The standard InChI is InChI=1S/C15H22N2O6S/c1-10(2)7-17(12-4-5-24(20,21)9-12)14(18)8-22-15(19)13-6-11(3)16-23-13/h6,10,12H,4-5,7-9H2,1-3H3/t12-/m1/s1. The fraction of sp³-hybridized carbons (Fsp3) is 0.667. The summed E-state index contributed by atoms with van der Waals surface area (Å²) in [5.74, 6) is -1.04. The van der Waals surface area contributed by atoms with E-state index in [0.717, 1.165) is 0 Å². The van der Waals surface area contributed by atoms with Gasteiger partial charge in [0.2, 0.25) is 5.76 Å². The highest BCUT2D eigenvalue weighted by atomic mass is 32.2. The Balaban J connectivity index is 1.98. The Bertz CT molecular complexity index is 709. The lowest BCUT2D eigenvalue weighted by Gasteiger charge is -2.29. The van der Waals surface area contributed by atoms with E-state index < -0.39 is 28.3 Å². The van der Waals surface area contributed by atoms with E-state index in [1.54, 1.807) is 6.92 Å². The second-order valence-corrected chi connectivity index (χ2v) is 8.63. The van der Waals surface area contributed by atoms with E-state index >= 15 is 0 Å². The van der Waals surface area contributed by atoms with Crippen molar-refractivity contribution in [1.29, 1.82) is 0 Å². The average Bonchev–Trinajstić information content (AvgIpc) is 3.07. The monoisotopic (exact) mass is 358 g/mol. The molecule has 1 fully saturated rings. The number of hydrogen-bond acceptors (Lipinski definition) is 7. The first-order valence-corrected chi connectivity index (χ1v) is 9.60. The van der Waals surface area contributed by atoms with Gasteiger partial charge in [0.05, 0.1) is 17.2 Å². The van der Waals surface area contributed by atoms with Gasteiger partial charge in [0.1, 0.15) is 0 Å². The molecule has 24 heavy (non-hydrogen) atoms. The van der Waals surface area contributed by atoms with Gasteiger partial charge in [-0.15, -0.1) is 0 Å². The summed E-state index contributed by atoms with van der Waals surface area (Å²) in [4.78, 5) is 25.7. The molecule has 1 saturated heterocycles. The van der Waals surface area contributed by atoms with Crippen LogP contribution < -0.4 is 0 Å². The summed E-state index contributed by atoms with van der Waals surface area (Å²) in [7, 11) is -3.11. The molecule has 1 aromatic heterocycles. The molecule has 2 heterocycles. The van der Waals surface area contributed by atoms with E-state index in [1.807, 2.05) is 13.8 Å². The van der Waals surface area contributed by atoms with E-state index in [4.69, 9.17) is 9.26 Å². The third-order valence-electron chi connectivity index (χ3n) is 3.69. The number of aromatic nitrogens is 1. The van der Waals surface area contributed by atoms with Gasteiger partial charge >= 0.3 is 5.97 Å². The first-order valence-electron chi connectivity index (χ1n) is 7.78. The average molecular weight is 358 g/mol. The van der Waals surface area contributed by atoms with Gasteiger partial charge in [0, 0.05) is 18.7 Å². The van der Waals surface area contributed by atoms with Crippen LogP contribution in [0, 0.1) is 12.8 Å². The van der Waals surface area contributed by atoms with Crippen molar-refractivity contribution < 1.29 is 27.3 Å². The molecule has 0 unspecified atom stereocenters. The maximum absolute atomic E-state index is 12.4. The minimum atomic E-state index is -3.11. The van der Waals surface area contributed by atoms with Crippen LogP contribution in [-0.4, -0.2) is 61.1 Å². The summed E-state index contributed by atoms with van der Waals surface area (Å²) in [5.41, 5.74) is 0.533. The maximum atomic E-state index is 12.4. The molecule has 2 rings (SSSR count). The number of rotatable bonds is 6. The van der Waals surface area contributed by atoms with Crippen LogP contribution in [0.3, 0.4) is 0 Å². The van der Waals surface area contributed by atoms with Crippen molar-refractivity contribution in [2.24, 2.45) is 5.92 Å². The number of hydrogen-bond donors (Lipinski definition) is 0. The molecule has 0 bridgehead atoms. The normalized spacial score (nSPS) is 19.4. The Morgan fingerprint density at radius 2 is 2.17 bits per heavy atom. The molecule has 134 valence electrons. The number of carbonyl (C=O) groups is 2. The van der Waals surface area contributed by atoms with E-state index in [9.17, 15) is 18.0 Å². The lowest BCUT2D eigenvalue weighted by atomic mass is 10.1. The lowest BCUT2D eigenvalue weighted by molar-refractivity contribution is -0.137. The highest BCUT2D eigenvalue weighted by Gasteiger charge is 2.35. The van der Waals surface area contributed by atoms with Crippen LogP contribution in [0.2, 0.25) is 0 Å². The fourth-order valence-electron chi connectivity index (χ4n) is 2.61. The molecule has 1 aliphatic heterocycles. The predicted octanol–water partition coefficient (Wildman–Crippen LogP) is 0.812. The Morgan fingerprint density at radius 1 is 1.46 bits per heavy atom. The molecule has 1 aromatic rings. The molecule has 0 spiro atoms. The molecule has 1 amide bonds. The van der Waals surface area contributed by atoms with Crippen molar-refractivity contribution in [1.82, 2.24) is 10.1 Å². The third kappa shape index (κ3) is 4.80. The molecule has 1 aliphatic rings. The minimum Gasteiger partial charge on any atom is -0.450 e. The zero-order chi connectivity index (χ0) is 17.9. The van der Waals surface area contributed by atoms with Gasteiger partial charge in [-0.25, -0.2) is 13.2 Å². The van der Waals surface area contributed by atoms with Crippen molar-refractivity contribution in [3.63, 3.8) is 0 Å². The highest BCUT2D eigenvalue weighted by Crippen LogP contribution is 2.19. The first kappa shape index (κ1) is 18.4. The van der Waals surface area contributed by atoms with Crippen molar-refractivity contribution >= 4 is 21.7 Å². The molecular formula is C15H22N2O6S. The number of carbonyl (C=O) groups excluding carboxylic acids is 2. The van der Waals surface area contributed by atoms with Gasteiger partial charge in [0.25, 0.3) is 5.91 Å². The van der Waals surface area contributed by atoms with Gasteiger partial charge in [0.15, 0.2) is 16.4 Å². The number of sulfone groups is 1. The Morgan fingerprint density at radius 3 is 2.67 bits per heavy atom. The predicted molar refractivity (Wildman–Crippen MR) is 85.1 cm³/mol. The maximum Gasteiger partial charge on any atom is 0.377 e. The summed E-state index contributed by atoms with van der Waals surface area (Å²) in [6.07, 6.45) is 0.413. The Hall–Kier alpha value is -1.90. The van der Waals surface area contributed by atoms with E-state index in [2.05, 4.69) is 5.16 Å². The number of aryl methyl sites for hydroxylation is 1. The number of ether oxygens (including phenoxy) is 1. The summed E-state index contributed by atoms with van der Waals surface area (Å²) in [5, 5.41) is 3.58. The van der Waals surface area contributed by atoms with Crippen molar-refractivity contribution in [3.8, 4) is 0 Å². The molecule has 1 atom stereocenters. The molecule has 0 radical (unpaired) electrons. The van der Waals surface area contributed by atoms with E-state index in [1.165, 1.54) is 11.0 Å². The zero-order valence-electron chi connectivity index (χ0n) is 14.0. The minimum absolute atomic E-state index is 0.0410. The van der Waals surface area contributed by atoms with Crippen LogP contribution in [0.15, 0.2) is 10.6 Å². The van der Waals surface area contributed by atoms with Gasteiger partial charge in [-0.3, -0.25) is 4.79 Å². The molecule has 8 nitrogen and oxygen atoms in total. The summed E-state index contributed by atoms with van der Waals surface area (Å²) < 4.78 is 33.1. The molecule has 0 aliphatic carbocycles. The van der Waals surface area contributed by atoms with Crippen LogP contribution >= 0.6 is 0 Å². The van der Waals surface area contributed by atoms with Crippen molar-refractivity contribution in [3.05, 3.63) is 17.5 Å². The smallest absolute Gasteiger partial charge is 0.377 e. The van der Waals surface area contributed by atoms with Crippen molar-refractivity contribution in [2.75, 3.05) is 24.7 Å². The number of esters is 1. The van der Waals surface area contributed by atoms with Crippen LogP contribution in [0.25, 0.3) is 0 Å². The van der Waals surface area contributed by atoms with Gasteiger partial charge in [-0.2, -0.15) is 0 Å². The van der Waals surface area contributed by atoms with Crippen LogP contribution in [0.5, 0.6) is 0 Å². The van der Waals surface area contributed by atoms with Crippen molar-refractivity contribution in [2.45, 2.75) is 33.2 Å². The molecule has 0 aromatic carbocycles. The molecule has 9 heteroatoms. The fourth-order valence-corrected chi connectivity index (χ4v) is 4.34. The lowest BCUT2D eigenvalue weighted by Crippen LogP contribution is -2.45. The number of amides is 1. The quantitative estimate of drug-likeness (QED) is 0.693.